The van der Waals surface area contributed by atoms with Gasteiger partial charge in [-0.05, 0) is 39.3 Å². The first-order valence-corrected chi connectivity index (χ1v) is 6.38. The Kier molecular flexibility index (Phi) is 5.53. The molecule has 3 heteroatoms. The maximum absolute atomic E-state index is 4.52. The van der Waals surface area contributed by atoms with Crippen molar-refractivity contribution in [2.45, 2.75) is 53.5 Å². The van der Waals surface area contributed by atoms with Gasteiger partial charge in [0, 0.05) is 12.2 Å². The van der Waals surface area contributed by atoms with E-state index in [-0.39, 0.29) is 0 Å². The summed E-state index contributed by atoms with van der Waals surface area (Å²) in [6, 6.07) is 0. The van der Waals surface area contributed by atoms with Crippen LogP contribution < -0.4 is 5.32 Å². The Morgan fingerprint density at radius 1 is 1.12 bits per heavy atom. The van der Waals surface area contributed by atoms with Crippen molar-refractivity contribution in [3.05, 3.63) is 17.0 Å². The number of hydrogen-bond donors (Lipinski definition) is 1. The van der Waals surface area contributed by atoms with Crippen LogP contribution in [0.1, 0.15) is 43.1 Å². The number of nitrogens with one attached hydrogen (secondary N) is 1. The standard InChI is InChI=1S/C13H25N3/c1-5-6-7-8-14-9-10-16-13(4)11(2)12(3)15-16/h14H,5-10H2,1-4H3. The van der Waals surface area contributed by atoms with E-state index in [2.05, 4.69) is 42.8 Å². The van der Waals surface area contributed by atoms with Crippen molar-refractivity contribution in [2.24, 2.45) is 0 Å². The van der Waals surface area contributed by atoms with Crippen LogP contribution in [-0.2, 0) is 6.54 Å². The van der Waals surface area contributed by atoms with Gasteiger partial charge >= 0.3 is 0 Å². The summed E-state index contributed by atoms with van der Waals surface area (Å²) in [6.45, 7) is 11.7. The summed E-state index contributed by atoms with van der Waals surface area (Å²) < 4.78 is 2.11. The zero-order valence-corrected chi connectivity index (χ0v) is 11.1. The van der Waals surface area contributed by atoms with E-state index in [1.165, 1.54) is 30.5 Å². The van der Waals surface area contributed by atoms with Crippen LogP contribution in [0.3, 0.4) is 0 Å². The molecule has 1 aromatic rings. The highest BCUT2D eigenvalue weighted by Crippen LogP contribution is 2.10. The van der Waals surface area contributed by atoms with E-state index in [0.717, 1.165) is 25.3 Å². The summed E-state index contributed by atoms with van der Waals surface area (Å²) in [6.07, 6.45) is 3.90. The lowest BCUT2D eigenvalue weighted by molar-refractivity contribution is 0.530. The fraction of sp³-hybridized carbons (Fsp3) is 0.769. The lowest BCUT2D eigenvalue weighted by Crippen LogP contribution is -2.22. The largest absolute Gasteiger partial charge is 0.315 e. The van der Waals surface area contributed by atoms with Crippen LogP contribution in [0.5, 0.6) is 0 Å². The van der Waals surface area contributed by atoms with Crippen molar-refractivity contribution >= 4 is 0 Å². The summed E-state index contributed by atoms with van der Waals surface area (Å²) >= 11 is 0. The number of nitrogens with zero attached hydrogens (tertiary/aromatic N) is 2. The van der Waals surface area contributed by atoms with Crippen molar-refractivity contribution in [2.75, 3.05) is 13.1 Å². The van der Waals surface area contributed by atoms with E-state index in [1.54, 1.807) is 0 Å². The monoisotopic (exact) mass is 223 g/mol. The Hall–Kier alpha value is -0.830. The molecule has 1 rings (SSSR count). The van der Waals surface area contributed by atoms with Gasteiger partial charge in [-0.1, -0.05) is 19.8 Å². The van der Waals surface area contributed by atoms with Crippen LogP contribution in [-0.4, -0.2) is 22.9 Å². The third-order valence-electron chi connectivity index (χ3n) is 3.20. The van der Waals surface area contributed by atoms with Gasteiger partial charge < -0.3 is 5.32 Å². The highest BCUT2D eigenvalue weighted by molar-refractivity contribution is 5.21. The topological polar surface area (TPSA) is 29.9 Å². The van der Waals surface area contributed by atoms with Gasteiger partial charge in [-0.25, -0.2) is 0 Å². The molecular formula is C13H25N3. The van der Waals surface area contributed by atoms with Gasteiger partial charge in [-0.2, -0.15) is 5.10 Å². The third kappa shape index (κ3) is 3.63. The van der Waals surface area contributed by atoms with E-state index >= 15 is 0 Å². The maximum atomic E-state index is 4.52. The quantitative estimate of drug-likeness (QED) is 0.720. The van der Waals surface area contributed by atoms with Gasteiger partial charge in [0.15, 0.2) is 0 Å². The number of aryl methyl sites for hydroxylation is 1. The predicted molar refractivity (Wildman–Crippen MR) is 68.8 cm³/mol. The molecule has 0 bridgehead atoms. The van der Waals surface area contributed by atoms with Crippen LogP contribution in [0.25, 0.3) is 0 Å². The third-order valence-corrected chi connectivity index (χ3v) is 3.20. The molecule has 0 radical (unpaired) electrons. The van der Waals surface area contributed by atoms with Crippen molar-refractivity contribution < 1.29 is 0 Å². The molecule has 0 saturated carbocycles. The van der Waals surface area contributed by atoms with Crippen molar-refractivity contribution in [1.82, 2.24) is 15.1 Å². The molecule has 0 spiro atoms. The van der Waals surface area contributed by atoms with Gasteiger partial charge in [0.2, 0.25) is 0 Å². The number of aromatic nitrogens is 2. The molecule has 92 valence electrons. The number of rotatable bonds is 7. The zero-order chi connectivity index (χ0) is 12.0. The van der Waals surface area contributed by atoms with Gasteiger partial charge in [0.05, 0.1) is 12.2 Å². The van der Waals surface area contributed by atoms with Crippen LogP contribution in [0, 0.1) is 20.8 Å². The fourth-order valence-electron chi connectivity index (χ4n) is 1.81. The molecule has 16 heavy (non-hydrogen) atoms. The molecular weight excluding hydrogens is 198 g/mol. The molecule has 1 heterocycles. The minimum absolute atomic E-state index is 0.979. The molecule has 0 atom stereocenters. The van der Waals surface area contributed by atoms with E-state index in [0.29, 0.717) is 0 Å². The molecule has 1 N–H and O–H groups in total. The average Bonchev–Trinajstić information content (AvgIpc) is 2.51. The van der Waals surface area contributed by atoms with Crippen molar-refractivity contribution in [3.8, 4) is 0 Å². The number of hydrogen-bond acceptors (Lipinski definition) is 2. The molecule has 0 aromatic carbocycles. The van der Waals surface area contributed by atoms with Gasteiger partial charge in [-0.15, -0.1) is 0 Å². The second-order valence-electron chi connectivity index (χ2n) is 4.48. The highest BCUT2D eigenvalue weighted by Gasteiger charge is 2.05. The Labute approximate surface area is 99.2 Å². The maximum Gasteiger partial charge on any atom is 0.0625 e. The van der Waals surface area contributed by atoms with E-state index < -0.39 is 0 Å². The van der Waals surface area contributed by atoms with Gasteiger partial charge in [0.1, 0.15) is 0 Å². The van der Waals surface area contributed by atoms with E-state index in [9.17, 15) is 0 Å². The SMILES string of the molecule is CCCCCNCCn1nc(C)c(C)c1C. The van der Waals surface area contributed by atoms with Crippen LogP contribution in [0.4, 0.5) is 0 Å². The Morgan fingerprint density at radius 2 is 1.88 bits per heavy atom. The fourth-order valence-corrected chi connectivity index (χ4v) is 1.81. The van der Waals surface area contributed by atoms with E-state index in [1.807, 2.05) is 0 Å². The van der Waals surface area contributed by atoms with Crippen molar-refractivity contribution in [1.29, 1.82) is 0 Å². The average molecular weight is 223 g/mol. The first-order chi connectivity index (χ1) is 7.66. The molecule has 0 aliphatic rings. The van der Waals surface area contributed by atoms with Gasteiger partial charge in [0.25, 0.3) is 0 Å². The van der Waals surface area contributed by atoms with Crippen molar-refractivity contribution in [3.63, 3.8) is 0 Å². The second-order valence-corrected chi connectivity index (χ2v) is 4.48. The molecule has 1 aromatic heterocycles. The lowest BCUT2D eigenvalue weighted by Gasteiger charge is -2.06. The predicted octanol–water partition coefficient (Wildman–Crippen LogP) is 2.59. The summed E-state index contributed by atoms with van der Waals surface area (Å²) in [7, 11) is 0. The molecule has 0 fully saturated rings. The summed E-state index contributed by atoms with van der Waals surface area (Å²) in [5.74, 6) is 0. The summed E-state index contributed by atoms with van der Waals surface area (Å²) in [5.41, 5.74) is 3.78. The molecule has 3 nitrogen and oxygen atoms in total. The van der Waals surface area contributed by atoms with Crippen LogP contribution in [0.2, 0.25) is 0 Å². The second kappa shape index (κ2) is 6.69. The Bertz CT molecular complexity index is 315. The van der Waals surface area contributed by atoms with Gasteiger partial charge in [-0.3, -0.25) is 4.68 Å². The highest BCUT2D eigenvalue weighted by atomic mass is 15.3. The first kappa shape index (κ1) is 13.2. The molecule has 0 aliphatic heterocycles. The Morgan fingerprint density at radius 3 is 2.44 bits per heavy atom. The molecule has 0 amide bonds. The normalized spacial score (nSPS) is 11.0. The summed E-state index contributed by atoms with van der Waals surface area (Å²) in [5, 5.41) is 7.98. The molecule has 0 saturated heterocycles. The van der Waals surface area contributed by atoms with Crippen LogP contribution >= 0.6 is 0 Å². The number of unbranched alkanes of at least 4 members (excludes halogenated alkanes) is 2. The van der Waals surface area contributed by atoms with E-state index in [4.69, 9.17) is 0 Å². The lowest BCUT2D eigenvalue weighted by atomic mass is 10.2. The zero-order valence-electron chi connectivity index (χ0n) is 11.1. The summed E-state index contributed by atoms with van der Waals surface area (Å²) in [4.78, 5) is 0. The van der Waals surface area contributed by atoms with Crippen LogP contribution in [0.15, 0.2) is 0 Å². The molecule has 0 aliphatic carbocycles. The smallest absolute Gasteiger partial charge is 0.0625 e. The Balaban J connectivity index is 2.24. The minimum atomic E-state index is 0.979. The minimum Gasteiger partial charge on any atom is -0.315 e. The first-order valence-electron chi connectivity index (χ1n) is 6.38. The molecule has 0 unspecified atom stereocenters.